The summed E-state index contributed by atoms with van der Waals surface area (Å²) in [7, 11) is 0. The van der Waals surface area contributed by atoms with Crippen molar-refractivity contribution in [2.24, 2.45) is 5.92 Å². The van der Waals surface area contributed by atoms with Crippen LogP contribution < -0.4 is 10.6 Å². The number of nitrogens with zero attached hydrogens (tertiary/aromatic N) is 2. The number of benzene rings is 1. The molecule has 5 heteroatoms. The van der Waals surface area contributed by atoms with Crippen molar-refractivity contribution in [2.45, 2.75) is 33.2 Å². The molecule has 0 bridgehead atoms. The van der Waals surface area contributed by atoms with E-state index in [2.05, 4.69) is 34.4 Å². The van der Waals surface area contributed by atoms with Crippen molar-refractivity contribution >= 4 is 11.9 Å². The lowest BCUT2D eigenvalue weighted by Crippen LogP contribution is -2.26. The quantitative estimate of drug-likeness (QED) is 0.822. The Morgan fingerprint density at radius 2 is 1.87 bits per heavy atom. The highest BCUT2D eigenvalue weighted by molar-refractivity contribution is 5.92. The van der Waals surface area contributed by atoms with Crippen LogP contribution in [0.4, 0.5) is 5.95 Å². The first kappa shape index (κ1) is 16.9. The number of amides is 1. The molecule has 2 N–H and O–H groups in total. The van der Waals surface area contributed by atoms with E-state index in [1.54, 1.807) is 12.3 Å². The monoisotopic (exact) mass is 312 g/mol. The van der Waals surface area contributed by atoms with Crippen LogP contribution in [0.1, 0.15) is 49.3 Å². The van der Waals surface area contributed by atoms with Crippen LogP contribution in [0.2, 0.25) is 0 Å². The van der Waals surface area contributed by atoms with Crippen LogP contribution in [0.15, 0.2) is 42.6 Å². The summed E-state index contributed by atoms with van der Waals surface area (Å²) in [5, 5.41) is 6.11. The summed E-state index contributed by atoms with van der Waals surface area (Å²) in [5.41, 5.74) is 1.52. The van der Waals surface area contributed by atoms with Gasteiger partial charge in [0.25, 0.3) is 5.91 Å². The summed E-state index contributed by atoms with van der Waals surface area (Å²) in [5.74, 6) is 0.853. The van der Waals surface area contributed by atoms with Crippen molar-refractivity contribution in [3.8, 4) is 0 Å². The number of carbonyl (C=O) groups excluding carboxylic acids is 1. The SMILES string of the molecule is CC(C)CCNC(=O)c1ccnc(NC(C)c2ccccc2)n1. The van der Waals surface area contributed by atoms with E-state index in [9.17, 15) is 4.79 Å². The molecule has 23 heavy (non-hydrogen) atoms. The smallest absolute Gasteiger partial charge is 0.270 e. The minimum absolute atomic E-state index is 0.0652. The predicted octanol–water partition coefficient (Wildman–Crippen LogP) is 3.43. The van der Waals surface area contributed by atoms with E-state index in [0.717, 1.165) is 12.0 Å². The van der Waals surface area contributed by atoms with E-state index in [1.807, 2.05) is 37.3 Å². The van der Waals surface area contributed by atoms with Gasteiger partial charge < -0.3 is 10.6 Å². The molecule has 0 aliphatic carbocycles. The maximum Gasteiger partial charge on any atom is 0.270 e. The largest absolute Gasteiger partial charge is 0.351 e. The molecule has 1 aromatic carbocycles. The third-order valence-electron chi connectivity index (χ3n) is 3.54. The number of aromatic nitrogens is 2. The van der Waals surface area contributed by atoms with E-state index < -0.39 is 0 Å². The maximum absolute atomic E-state index is 12.1. The van der Waals surface area contributed by atoms with Crippen LogP contribution in [0.25, 0.3) is 0 Å². The fourth-order valence-corrected chi connectivity index (χ4v) is 2.14. The van der Waals surface area contributed by atoms with Gasteiger partial charge in [0, 0.05) is 12.7 Å². The van der Waals surface area contributed by atoms with Crippen LogP contribution in [0.5, 0.6) is 0 Å². The lowest BCUT2D eigenvalue weighted by molar-refractivity contribution is 0.0947. The molecule has 2 rings (SSSR count). The first-order valence-electron chi connectivity index (χ1n) is 7.99. The average Bonchev–Trinajstić information content (AvgIpc) is 2.55. The molecule has 0 aliphatic rings. The van der Waals surface area contributed by atoms with Crippen molar-refractivity contribution in [3.63, 3.8) is 0 Å². The Kier molecular flexibility index (Phi) is 6.09. The Labute approximate surface area is 137 Å². The molecule has 2 aromatic rings. The number of hydrogen-bond acceptors (Lipinski definition) is 4. The third-order valence-corrected chi connectivity index (χ3v) is 3.54. The Morgan fingerprint density at radius 1 is 1.13 bits per heavy atom. The Bertz CT molecular complexity index is 628. The normalized spacial score (nSPS) is 12.0. The second kappa shape index (κ2) is 8.27. The van der Waals surface area contributed by atoms with E-state index in [4.69, 9.17) is 0 Å². The molecule has 1 atom stereocenters. The van der Waals surface area contributed by atoms with Crippen LogP contribution >= 0.6 is 0 Å². The van der Waals surface area contributed by atoms with Gasteiger partial charge in [-0.2, -0.15) is 0 Å². The van der Waals surface area contributed by atoms with Crippen molar-refractivity contribution in [1.29, 1.82) is 0 Å². The number of anilines is 1. The number of carbonyl (C=O) groups is 1. The lowest BCUT2D eigenvalue weighted by Gasteiger charge is -2.14. The molecule has 5 nitrogen and oxygen atoms in total. The zero-order chi connectivity index (χ0) is 16.7. The lowest BCUT2D eigenvalue weighted by atomic mass is 10.1. The fourth-order valence-electron chi connectivity index (χ4n) is 2.14. The highest BCUT2D eigenvalue weighted by Gasteiger charge is 2.11. The summed E-state index contributed by atoms with van der Waals surface area (Å²) in [4.78, 5) is 20.6. The van der Waals surface area contributed by atoms with Crippen molar-refractivity contribution in [2.75, 3.05) is 11.9 Å². The molecular formula is C18H24N4O. The van der Waals surface area contributed by atoms with E-state index in [1.165, 1.54) is 0 Å². The van der Waals surface area contributed by atoms with E-state index in [0.29, 0.717) is 24.1 Å². The van der Waals surface area contributed by atoms with Gasteiger partial charge >= 0.3 is 0 Å². The first-order valence-corrected chi connectivity index (χ1v) is 7.99. The van der Waals surface area contributed by atoms with Gasteiger partial charge in [-0.3, -0.25) is 4.79 Å². The van der Waals surface area contributed by atoms with Crippen molar-refractivity contribution in [3.05, 3.63) is 53.9 Å². The molecule has 0 radical (unpaired) electrons. The van der Waals surface area contributed by atoms with Gasteiger partial charge in [-0.1, -0.05) is 44.2 Å². The zero-order valence-corrected chi connectivity index (χ0v) is 13.9. The van der Waals surface area contributed by atoms with E-state index in [-0.39, 0.29) is 11.9 Å². The Hall–Kier alpha value is -2.43. The van der Waals surface area contributed by atoms with Crippen LogP contribution in [-0.2, 0) is 0 Å². The maximum atomic E-state index is 12.1. The number of hydrogen-bond donors (Lipinski definition) is 2. The summed E-state index contributed by atoms with van der Waals surface area (Å²) < 4.78 is 0. The second-order valence-corrected chi connectivity index (χ2v) is 5.98. The minimum atomic E-state index is -0.163. The molecule has 1 heterocycles. The van der Waals surface area contributed by atoms with Crippen LogP contribution in [0, 0.1) is 5.92 Å². The molecule has 0 saturated heterocycles. The molecule has 1 amide bonds. The average molecular weight is 312 g/mol. The highest BCUT2D eigenvalue weighted by Crippen LogP contribution is 2.16. The van der Waals surface area contributed by atoms with Crippen molar-refractivity contribution < 1.29 is 4.79 Å². The molecule has 1 unspecified atom stereocenters. The van der Waals surface area contributed by atoms with Crippen molar-refractivity contribution in [1.82, 2.24) is 15.3 Å². The second-order valence-electron chi connectivity index (χ2n) is 5.98. The van der Waals surface area contributed by atoms with Gasteiger partial charge in [0.1, 0.15) is 5.69 Å². The summed E-state index contributed by atoms with van der Waals surface area (Å²) >= 11 is 0. The topological polar surface area (TPSA) is 66.9 Å². The summed E-state index contributed by atoms with van der Waals surface area (Å²) in [6.45, 7) is 6.95. The molecule has 0 fully saturated rings. The van der Waals surface area contributed by atoms with Crippen LogP contribution in [-0.4, -0.2) is 22.4 Å². The van der Waals surface area contributed by atoms with E-state index >= 15 is 0 Å². The molecule has 0 spiro atoms. The number of rotatable bonds is 7. The van der Waals surface area contributed by atoms with Gasteiger partial charge in [-0.15, -0.1) is 0 Å². The zero-order valence-electron chi connectivity index (χ0n) is 13.9. The Balaban J connectivity index is 1.98. The predicted molar refractivity (Wildman–Crippen MR) is 92.3 cm³/mol. The molecule has 0 saturated carbocycles. The van der Waals surface area contributed by atoms with Crippen LogP contribution in [0.3, 0.4) is 0 Å². The fraction of sp³-hybridized carbons (Fsp3) is 0.389. The van der Waals surface area contributed by atoms with Gasteiger partial charge in [0.05, 0.1) is 6.04 Å². The molecular weight excluding hydrogens is 288 g/mol. The first-order chi connectivity index (χ1) is 11.1. The third kappa shape index (κ3) is 5.36. The summed E-state index contributed by atoms with van der Waals surface area (Å²) in [6, 6.07) is 11.7. The van der Waals surface area contributed by atoms with Gasteiger partial charge in [-0.25, -0.2) is 9.97 Å². The summed E-state index contributed by atoms with van der Waals surface area (Å²) in [6.07, 6.45) is 2.55. The van der Waals surface area contributed by atoms with Gasteiger partial charge in [0.2, 0.25) is 5.95 Å². The molecule has 1 aromatic heterocycles. The number of nitrogens with one attached hydrogen (secondary N) is 2. The minimum Gasteiger partial charge on any atom is -0.351 e. The molecule has 0 aliphatic heterocycles. The standard InChI is InChI=1S/C18H24N4O/c1-13(2)9-11-19-17(23)16-10-12-20-18(22-16)21-14(3)15-7-5-4-6-8-15/h4-8,10,12-14H,9,11H2,1-3H3,(H,19,23)(H,20,21,22). The van der Waals surface area contributed by atoms with Gasteiger partial charge in [-0.05, 0) is 30.9 Å². The highest BCUT2D eigenvalue weighted by atomic mass is 16.1. The van der Waals surface area contributed by atoms with Gasteiger partial charge in [0.15, 0.2) is 0 Å². The molecule has 122 valence electrons. The Morgan fingerprint density at radius 3 is 2.57 bits per heavy atom.